The third-order valence-electron chi connectivity index (χ3n) is 3.09. The third-order valence-corrected chi connectivity index (χ3v) is 3.31. The number of hydrogen-bond donors (Lipinski definition) is 1. The highest BCUT2D eigenvalue weighted by atomic mass is 35.5. The zero-order valence-corrected chi connectivity index (χ0v) is 12.4. The highest BCUT2D eigenvalue weighted by Crippen LogP contribution is 2.26. The van der Waals surface area contributed by atoms with Gasteiger partial charge in [-0.1, -0.05) is 18.5 Å². The van der Waals surface area contributed by atoms with Gasteiger partial charge in [-0.15, -0.1) is 5.10 Å². The van der Waals surface area contributed by atoms with Crippen molar-refractivity contribution in [2.45, 2.75) is 13.3 Å². The summed E-state index contributed by atoms with van der Waals surface area (Å²) in [6.07, 6.45) is 2.67. The van der Waals surface area contributed by atoms with Gasteiger partial charge < -0.3 is 5.73 Å². The Labute approximate surface area is 126 Å². The van der Waals surface area contributed by atoms with Crippen LogP contribution in [0.15, 0.2) is 24.4 Å². The zero-order chi connectivity index (χ0) is 15.0. The van der Waals surface area contributed by atoms with Crippen molar-refractivity contribution in [2.24, 2.45) is 7.05 Å². The van der Waals surface area contributed by atoms with Gasteiger partial charge in [0.25, 0.3) is 0 Å². The zero-order valence-electron chi connectivity index (χ0n) is 11.7. The van der Waals surface area contributed by atoms with Crippen molar-refractivity contribution in [3.05, 3.63) is 35.1 Å². The summed E-state index contributed by atoms with van der Waals surface area (Å²) in [6.45, 7) is 2.03. The van der Waals surface area contributed by atoms with Gasteiger partial charge in [0.15, 0.2) is 5.82 Å². The molecule has 0 saturated carbocycles. The number of tetrazole rings is 1. The SMILES string of the molecule is CCc1nn(C)cc1-n1nnnc1-c1cc(N)cc(Cl)c1. The van der Waals surface area contributed by atoms with Gasteiger partial charge in [0.2, 0.25) is 0 Å². The van der Waals surface area contributed by atoms with Crippen molar-refractivity contribution in [3.63, 3.8) is 0 Å². The van der Waals surface area contributed by atoms with Gasteiger partial charge in [-0.3, -0.25) is 4.68 Å². The molecule has 1 aromatic carbocycles. The molecule has 2 heterocycles. The van der Waals surface area contributed by atoms with Crippen molar-refractivity contribution >= 4 is 17.3 Å². The van der Waals surface area contributed by atoms with Crippen molar-refractivity contribution in [3.8, 4) is 17.1 Å². The summed E-state index contributed by atoms with van der Waals surface area (Å²) in [7, 11) is 1.87. The molecule has 3 rings (SSSR count). The fourth-order valence-corrected chi connectivity index (χ4v) is 2.47. The highest BCUT2D eigenvalue weighted by Gasteiger charge is 2.16. The molecule has 0 atom stereocenters. The molecular formula is C13H14ClN7. The Morgan fingerprint density at radius 2 is 2.10 bits per heavy atom. The normalized spacial score (nSPS) is 11.0. The summed E-state index contributed by atoms with van der Waals surface area (Å²) in [6, 6.07) is 5.25. The van der Waals surface area contributed by atoms with Gasteiger partial charge >= 0.3 is 0 Å². The maximum atomic E-state index is 6.05. The average molecular weight is 304 g/mol. The topological polar surface area (TPSA) is 87.4 Å². The van der Waals surface area contributed by atoms with E-state index in [2.05, 4.69) is 20.6 Å². The van der Waals surface area contributed by atoms with Crippen LogP contribution in [0.1, 0.15) is 12.6 Å². The number of hydrogen-bond acceptors (Lipinski definition) is 5. The van der Waals surface area contributed by atoms with Crippen LogP contribution in [0.3, 0.4) is 0 Å². The Kier molecular flexibility index (Phi) is 3.34. The minimum Gasteiger partial charge on any atom is -0.399 e. The predicted octanol–water partition coefficient (Wildman–Crippen LogP) is 1.86. The molecule has 0 saturated heterocycles. The van der Waals surface area contributed by atoms with Crippen LogP contribution >= 0.6 is 11.6 Å². The van der Waals surface area contributed by atoms with E-state index in [1.807, 2.05) is 20.2 Å². The lowest BCUT2D eigenvalue weighted by Gasteiger charge is -2.05. The molecule has 2 N–H and O–H groups in total. The van der Waals surface area contributed by atoms with Gasteiger partial charge in [0.05, 0.1) is 11.9 Å². The van der Waals surface area contributed by atoms with Crippen LogP contribution in [0.5, 0.6) is 0 Å². The van der Waals surface area contributed by atoms with Gasteiger partial charge in [-0.25, -0.2) is 0 Å². The average Bonchev–Trinajstić information content (AvgIpc) is 3.02. The third kappa shape index (κ3) is 2.47. The largest absolute Gasteiger partial charge is 0.399 e. The van der Waals surface area contributed by atoms with E-state index in [1.165, 1.54) is 0 Å². The molecule has 108 valence electrons. The first-order chi connectivity index (χ1) is 10.1. The number of benzene rings is 1. The van der Waals surface area contributed by atoms with E-state index in [0.717, 1.165) is 23.4 Å². The summed E-state index contributed by atoms with van der Waals surface area (Å²) in [5.74, 6) is 0.576. The fraction of sp³-hybridized carbons (Fsp3) is 0.231. The predicted molar refractivity (Wildman–Crippen MR) is 80.2 cm³/mol. The first kappa shape index (κ1) is 13.6. The van der Waals surface area contributed by atoms with Crippen LogP contribution in [-0.2, 0) is 13.5 Å². The van der Waals surface area contributed by atoms with Crippen LogP contribution in [0, 0.1) is 0 Å². The molecule has 0 aliphatic carbocycles. The second kappa shape index (κ2) is 5.17. The molecule has 2 aromatic heterocycles. The second-order valence-corrected chi connectivity index (χ2v) is 5.11. The smallest absolute Gasteiger partial charge is 0.187 e. The number of nitrogen functional groups attached to an aromatic ring is 1. The Balaban J connectivity index is 2.16. The van der Waals surface area contributed by atoms with E-state index in [4.69, 9.17) is 17.3 Å². The number of aromatic nitrogens is 6. The van der Waals surface area contributed by atoms with E-state index in [0.29, 0.717) is 16.5 Å². The number of nitrogens with zero attached hydrogens (tertiary/aromatic N) is 6. The number of halogens is 1. The Morgan fingerprint density at radius 1 is 1.29 bits per heavy atom. The summed E-state index contributed by atoms with van der Waals surface area (Å²) in [5.41, 5.74) is 8.92. The molecule has 0 aliphatic rings. The lowest BCUT2D eigenvalue weighted by Crippen LogP contribution is -2.02. The first-order valence-corrected chi connectivity index (χ1v) is 6.84. The first-order valence-electron chi connectivity index (χ1n) is 6.46. The van der Waals surface area contributed by atoms with Gasteiger partial charge in [0, 0.05) is 23.3 Å². The van der Waals surface area contributed by atoms with E-state index in [1.54, 1.807) is 27.6 Å². The fourth-order valence-electron chi connectivity index (χ4n) is 2.22. The molecule has 0 bridgehead atoms. The lowest BCUT2D eigenvalue weighted by molar-refractivity contribution is 0.746. The molecule has 0 radical (unpaired) electrons. The van der Waals surface area contributed by atoms with E-state index < -0.39 is 0 Å². The van der Waals surface area contributed by atoms with Crippen molar-refractivity contribution in [2.75, 3.05) is 5.73 Å². The maximum Gasteiger partial charge on any atom is 0.187 e. The van der Waals surface area contributed by atoms with Crippen LogP contribution in [-0.4, -0.2) is 30.0 Å². The number of aryl methyl sites for hydroxylation is 2. The maximum absolute atomic E-state index is 6.05. The van der Waals surface area contributed by atoms with Crippen LogP contribution in [0.4, 0.5) is 5.69 Å². The molecule has 0 amide bonds. The minimum atomic E-state index is 0.543. The number of nitrogens with two attached hydrogens (primary N) is 1. The summed E-state index contributed by atoms with van der Waals surface area (Å²) >= 11 is 6.05. The highest BCUT2D eigenvalue weighted by molar-refractivity contribution is 6.31. The van der Waals surface area contributed by atoms with E-state index in [9.17, 15) is 0 Å². The van der Waals surface area contributed by atoms with Crippen LogP contribution < -0.4 is 5.73 Å². The van der Waals surface area contributed by atoms with Crippen molar-refractivity contribution < 1.29 is 0 Å². The van der Waals surface area contributed by atoms with Crippen LogP contribution in [0.2, 0.25) is 5.02 Å². The summed E-state index contributed by atoms with van der Waals surface area (Å²) in [5, 5.41) is 16.9. The van der Waals surface area contributed by atoms with Crippen LogP contribution in [0.25, 0.3) is 17.1 Å². The molecule has 0 spiro atoms. The number of rotatable bonds is 3. The van der Waals surface area contributed by atoms with E-state index >= 15 is 0 Å². The van der Waals surface area contributed by atoms with Crippen molar-refractivity contribution in [1.82, 2.24) is 30.0 Å². The molecular weight excluding hydrogens is 290 g/mol. The molecule has 7 nitrogen and oxygen atoms in total. The quantitative estimate of drug-likeness (QED) is 0.746. The molecule has 0 fully saturated rings. The molecule has 0 aliphatic heterocycles. The monoisotopic (exact) mass is 303 g/mol. The second-order valence-electron chi connectivity index (χ2n) is 4.68. The van der Waals surface area contributed by atoms with Gasteiger partial charge in [-0.2, -0.15) is 9.78 Å². The lowest BCUT2D eigenvalue weighted by atomic mass is 10.2. The molecule has 0 unspecified atom stereocenters. The van der Waals surface area contributed by atoms with Gasteiger partial charge in [0.1, 0.15) is 5.69 Å². The summed E-state index contributed by atoms with van der Waals surface area (Å²) < 4.78 is 3.39. The van der Waals surface area contributed by atoms with E-state index in [-0.39, 0.29) is 0 Å². The molecule has 21 heavy (non-hydrogen) atoms. The Bertz CT molecular complexity index is 769. The molecule has 3 aromatic rings. The van der Waals surface area contributed by atoms with Gasteiger partial charge in [-0.05, 0) is 35.0 Å². The van der Waals surface area contributed by atoms with Crippen molar-refractivity contribution in [1.29, 1.82) is 0 Å². The Hall–Kier alpha value is -2.41. The number of anilines is 1. The Morgan fingerprint density at radius 3 is 2.81 bits per heavy atom. The summed E-state index contributed by atoms with van der Waals surface area (Å²) in [4.78, 5) is 0. The standard InChI is InChI=1S/C13H14ClN7/c1-3-11-12(7-20(2)17-11)21-13(16-18-19-21)8-4-9(14)6-10(15)5-8/h4-7H,3,15H2,1-2H3. The minimum absolute atomic E-state index is 0.543. The molecule has 8 heteroatoms.